The van der Waals surface area contributed by atoms with E-state index in [2.05, 4.69) is 0 Å². The maximum Gasteiger partial charge on any atom is 0.123 e. The first kappa shape index (κ1) is 11.6. The predicted molar refractivity (Wildman–Crippen MR) is 61.1 cm³/mol. The average molecular weight is 214 g/mol. The molecule has 0 aliphatic heterocycles. The van der Waals surface area contributed by atoms with Crippen LogP contribution in [-0.2, 0) is 11.3 Å². The van der Waals surface area contributed by atoms with Gasteiger partial charge in [0.15, 0.2) is 0 Å². The molecule has 0 radical (unpaired) electrons. The first-order chi connectivity index (χ1) is 6.54. The van der Waals surface area contributed by atoms with Crippen LogP contribution < -0.4 is 11.5 Å². The third kappa shape index (κ3) is 3.36. The van der Waals surface area contributed by atoms with Crippen molar-refractivity contribution in [1.82, 2.24) is 0 Å². The van der Waals surface area contributed by atoms with Crippen molar-refractivity contribution in [2.45, 2.75) is 25.1 Å². The summed E-state index contributed by atoms with van der Waals surface area (Å²) >= 11 is 1.77. The van der Waals surface area contributed by atoms with Crippen LogP contribution in [0.3, 0.4) is 0 Å². The lowest BCUT2D eigenvalue weighted by Crippen LogP contribution is -2.27. The van der Waals surface area contributed by atoms with Crippen LogP contribution in [0.2, 0.25) is 0 Å². The van der Waals surface area contributed by atoms with Crippen molar-refractivity contribution in [1.29, 1.82) is 0 Å². The topological polar surface area (TPSA) is 65.2 Å². The van der Waals surface area contributed by atoms with E-state index in [0.717, 1.165) is 23.0 Å². The lowest BCUT2D eigenvalue weighted by molar-refractivity contribution is 0.381. The lowest BCUT2D eigenvalue weighted by atomic mass is 10.0. The van der Waals surface area contributed by atoms with E-state index in [0.29, 0.717) is 6.54 Å². The third-order valence-corrected chi connectivity index (χ3v) is 2.82. The number of hydrogen-bond acceptors (Lipinski definition) is 4. The van der Waals surface area contributed by atoms with E-state index in [1.165, 1.54) is 0 Å². The van der Waals surface area contributed by atoms with E-state index in [4.69, 9.17) is 15.9 Å². The molecule has 0 fully saturated rings. The van der Waals surface area contributed by atoms with Gasteiger partial charge in [0.2, 0.25) is 0 Å². The monoisotopic (exact) mass is 214 g/mol. The van der Waals surface area contributed by atoms with Crippen LogP contribution in [0.15, 0.2) is 16.5 Å². The zero-order valence-electron chi connectivity index (χ0n) is 8.75. The van der Waals surface area contributed by atoms with Crippen molar-refractivity contribution >= 4 is 11.8 Å². The van der Waals surface area contributed by atoms with Gasteiger partial charge < -0.3 is 15.9 Å². The summed E-state index contributed by atoms with van der Waals surface area (Å²) < 4.78 is 5.61. The van der Waals surface area contributed by atoms with Gasteiger partial charge in [-0.2, -0.15) is 11.8 Å². The van der Waals surface area contributed by atoms with Crippen molar-refractivity contribution in [2.24, 2.45) is 11.5 Å². The number of rotatable bonds is 5. The van der Waals surface area contributed by atoms with Crippen LogP contribution in [0, 0.1) is 0 Å². The van der Waals surface area contributed by atoms with Gasteiger partial charge in [0, 0.05) is 12.3 Å². The highest BCUT2D eigenvalue weighted by Crippen LogP contribution is 2.22. The Bertz CT molecular complexity index is 278. The molecule has 0 unspecified atom stereocenters. The van der Waals surface area contributed by atoms with E-state index in [1.807, 2.05) is 26.0 Å². The highest BCUT2D eigenvalue weighted by molar-refractivity contribution is 7.98. The minimum atomic E-state index is -0.392. The summed E-state index contributed by atoms with van der Waals surface area (Å²) in [6.45, 7) is 4.58. The largest absolute Gasteiger partial charge is 0.463 e. The van der Waals surface area contributed by atoms with E-state index < -0.39 is 5.54 Å². The molecular weight excluding hydrogens is 196 g/mol. The van der Waals surface area contributed by atoms with Crippen LogP contribution >= 0.6 is 11.8 Å². The molecule has 1 aromatic heterocycles. The Balaban J connectivity index is 2.51. The molecule has 1 heterocycles. The molecule has 4 N–H and O–H groups in total. The molecule has 1 rings (SSSR count). The lowest BCUT2D eigenvalue weighted by Gasteiger charge is -2.14. The Morgan fingerprint density at radius 1 is 1.43 bits per heavy atom. The predicted octanol–water partition coefficient (Wildman–Crippen LogP) is 1.67. The fourth-order valence-electron chi connectivity index (χ4n) is 1.06. The van der Waals surface area contributed by atoms with Crippen molar-refractivity contribution in [3.05, 3.63) is 23.7 Å². The summed E-state index contributed by atoms with van der Waals surface area (Å²) in [6, 6.07) is 3.92. The zero-order valence-corrected chi connectivity index (χ0v) is 9.56. The van der Waals surface area contributed by atoms with Crippen molar-refractivity contribution < 1.29 is 4.42 Å². The molecule has 14 heavy (non-hydrogen) atoms. The van der Waals surface area contributed by atoms with Gasteiger partial charge in [-0.25, -0.2) is 0 Å². The van der Waals surface area contributed by atoms with E-state index in [1.54, 1.807) is 11.8 Å². The fourth-order valence-corrected chi connectivity index (χ4v) is 1.73. The van der Waals surface area contributed by atoms with Crippen LogP contribution in [0.25, 0.3) is 0 Å². The molecular formula is C10H18N2OS. The minimum Gasteiger partial charge on any atom is -0.463 e. The van der Waals surface area contributed by atoms with E-state index in [9.17, 15) is 0 Å². The van der Waals surface area contributed by atoms with Gasteiger partial charge >= 0.3 is 0 Å². The summed E-state index contributed by atoms with van der Waals surface area (Å²) in [5.41, 5.74) is 10.9. The van der Waals surface area contributed by atoms with Crippen LogP contribution in [0.4, 0.5) is 0 Å². The molecule has 1 aromatic rings. The van der Waals surface area contributed by atoms with E-state index >= 15 is 0 Å². The Morgan fingerprint density at radius 2 is 2.14 bits per heavy atom. The van der Waals surface area contributed by atoms with Gasteiger partial charge in [-0.3, -0.25) is 0 Å². The van der Waals surface area contributed by atoms with Gasteiger partial charge in [0.25, 0.3) is 0 Å². The summed E-state index contributed by atoms with van der Waals surface area (Å²) in [6.07, 6.45) is 0. The van der Waals surface area contributed by atoms with Crippen LogP contribution in [-0.4, -0.2) is 12.3 Å². The fraction of sp³-hybridized carbons (Fsp3) is 0.600. The molecule has 0 aliphatic rings. The quantitative estimate of drug-likeness (QED) is 0.732. The highest BCUT2D eigenvalue weighted by Gasteiger charge is 2.18. The first-order valence-corrected chi connectivity index (χ1v) is 5.85. The number of hydrogen-bond donors (Lipinski definition) is 2. The van der Waals surface area contributed by atoms with Crippen LogP contribution in [0.5, 0.6) is 0 Å². The molecule has 0 atom stereocenters. The standard InChI is InChI=1S/C10H18N2OS/c1-10(2,12)9-4-3-8(13-9)7-14-6-5-11/h3-4H,5-7,11-12H2,1-2H3. The van der Waals surface area contributed by atoms with Gasteiger partial charge in [0.1, 0.15) is 11.5 Å². The molecule has 0 spiro atoms. The minimum absolute atomic E-state index is 0.392. The molecule has 4 heteroatoms. The Hall–Kier alpha value is -0.450. The normalized spacial score (nSPS) is 12.0. The summed E-state index contributed by atoms with van der Waals surface area (Å²) in [5, 5.41) is 0. The molecule has 0 amide bonds. The van der Waals surface area contributed by atoms with Gasteiger partial charge in [-0.1, -0.05) is 0 Å². The summed E-state index contributed by atoms with van der Waals surface area (Å²) in [4.78, 5) is 0. The SMILES string of the molecule is CC(C)(N)c1ccc(CSCCN)o1. The number of furan rings is 1. The molecule has 0 saturated heterocycles. The smallest absolute Gasteiger partial charge is 0.123 e. The summed E-state index contributed by atoms with van der Waals surface area (Å²) in [7, 11) is 0. The average Bonchev–Trinajstić information content (AvgIpc) is 2.52. The first-order valence-electron chi connectivity index (χ1n) is 4.70. The van der Waals surface area contributed by atoms with Crippen molar-refractivity contribution in [2.75, 3.05) is 12.3 Å². The molecule has 0 aliphatic carbocycles. The van der Waals surface area contributed by atoms with Gasteiger partial charge in [-0.05, 0) is 26.0 Å². The van der Waals surface area contributed by atoms with Crippen molar-refractivity contribution in [3.8, 4) is 0 Å². The maximum atomic E-state index is 5.90. The second kappa shape index (κ2) is 4.87. The Morgan fingerprint density at radius 3 is 2.64 bits per heavy atom. The second-order valence-electron chi connectivity index (χ2n) is 3.83. The van der Waals surface area contributed by atoms with Gasteiger partial charge in [-0.15, -0.1) is 0 Å². The van der Waals surface area contributed by atoms with E-state index in [-0.39, 0.29) is 0 Å². The molecule has 80 valence electrons. The Labute approximate surface area is 89.2 Å². The maximum absolute atomic E-state index is 5.90. The molecule has 0 bridgehead atoms. The highest BCUT2D eigenvalue weighted by atomic mass is 32.2. The van der Waals surface area contributed by atoms with Gasteiger partial charge in [0.05, 0.1) is 11.3 Å². The number of thioether (sulfide) groups is 1. The zero-order chi connectivity index (χ0) is 10.6. The Kier molecular flexibility index (Phi) is 4.04. The third-order valence-electron chi connectivity index (χ3n) is 1.80. The second-order valence-corrected chi connectivity index (χ2v) is 4.93. The number of nitrogens with two attached hydrogens (primary N) is 2. The van der Waals surface area contributed by atoms with Crippen molar-refractivity contribution in [3.63, 3.8) is 0 Å². The molecule has 0 saturated carbocycles. The molecule has 0 aromatic carbocycles. The summed E-state index contributed by atoms with van der Waals surface area (Å²) in [5.74, 6) is 3.63. The van der Waals surface area contributed by atoms with Crippen LogP contribution in [0.1, 0.15) is 25.4 Å². The molecule has 3 nitrogen and oxygen atoms in total.